The van der Waals surface area contributed by atoms with E-state index < -0.39 is 0 Å². The van der Waals surface area contributed by atoms with E-state index >= 15 is 0 Å². The lowest BCUT2D eigenvalue weighted by molar-refractivity contribution is 0.167. The standard InChI is InChI=1S/C12H15N3O/c1-10(2)9-16-6-5-15-12-8-14-4-3-11(12)7-13/h3-4,8,15H,1,5-6,9H2,2H3. The van der Waals surface area contributed by atoms with Crippen LogP contribution in [-0.2, 0) is 4.74 Å². The Kier molecular flexibility index (Phi) is 5.03. The average molecular weight is 217 g/mol. The van der Waals surface area contributed by atoms with Crippen LogP contribution in [-0.4, -0.2) is 24.7 Å². The summed E-state index contributed by atoms with van der Waals surface area (Å²) in [5.41, 5.74) is 2.33. The minimum absolute atomic E-state index is 0.569. The maximum atomic E-state index is 8.83. The Morgan fingerprint density at radius 2 is 2.50 bits per heavy atom. The molecular weight excluding hydrogens is 202 g/mol. The Labute approximate surface area is 95.6 Å². The zero-order chi connectivity index (χ0) is 11.8. The van der Waals surface area contributed by atoms with Gasteiger partial charge in [0, 0.05) is 12.7 Å². The van der Waals surface area contributed by atoms with Gasteiger partial charge in [0.05, 0.1) is 30.7 Å². The summed E-state index contributed by atoms with van der Waals surface area (Å²) in [6.07, 6.45) is 3.23. The van der Waals surface area contributed by atoms with E-state index in [-0.39, 0.29) is 0 Å². The van der Waals surface area contributed by atoms with E-state index in [9.17, 15) is 0 Å². The third-order valence-electron chi connectivity index (χ3n) is 1.85. The Morgan fingerprint density at radius 1 is 1.69 bits per heavy atom. The van der Waals surface area contributed by atoms with Gasteiger partial charge in [-0.1, -0.05) is 12.2 Å². The van der Waals surface area contributed by atoms with Crippen molar-refractivity contribution in [3.8, 4) is 6.07 Å². The Morgan fingerprint density at radius 3 is 3.19 bits per heavy atom. The second kappa shape index (κ2) is 6.59. The Hall–Kier alpha value is -1.86. The lowest BCUT2D eigenvalue weighted by Crippen LogP contribution is -2.11. The zero-order valence-corrected chi connectivity index (χ0v) is 9.36. The first-order valence-corrected chi connectivity index (χ1v) is 5.04. The maximum Gasteiger partial charge on any atom is 0.101 e. The number of nitrogens with one attached hydrogen (secondary N) is 1. The molecule has 0 unspecified atom stereocenters. The lowest BCUT2D eigenvalue weighted by atomic mass is 10.2. The zero-order valence-electron chi connectivity index (χ0n) is 9.36. The van der Waals surface area contributed by atoms with Crippen LogP contribution in [0, 0.1) is 11.3 Å². The fourth-order valence-corrected chi connectivity index (χ4v) is 1.14. The molecule has 1 heterocycles. The molecule has 0 saturated heterocycles. The quantitative estimate of drug-likeness (QED) is 0.584. The average Bonchev–Trinajstić information content (AvgIpc) is 2.29. The summed E-state index contributed by atoms with van der Waals surface area (Å²) in [5.74, 6) is 0. The predicted octanol–water partition coefficient (Wildman–Crippen LogP) is 1.96. The highest BCUT2D eigenvalue weighted by molar-refractivity contribution is 5.55. The van der Waals surface area contributed by atoms with Crippen molar-refractivity contribution in [1.29, 1.82) is 5.26 Å². The highest BCUT2D eigenvalue weighted by Crippen LogP contribution is 2.10. The number of hydrogen-bond acceptors (Lipinski definition) is 4. The van der Waals surface area contributed by atoms with Crippen LogP contribution in [0.3, 0.4) is 0 Å². The Balaban J connectivity index is 2.32. The summed E-state index contributed by atoms with van der Waals surface area (Å²) >= 11 is 0. The van der Waals surface area contributed by atoms with Crippen molar-refractivity contribution in [1.82, 2.24) is 4.98 Å². The van der Waals surface area contributed by atoms with Gasteiger partial charge in [0.25, 0.3) is 0 Å². The summed E-state index contributed by atoms with van der Waals surface area (Å²) in [5, 5.41) is 11.9. The van der Waals surface area contributed by atoms with E-state index in [0.717, 1.165) is 11.3 Å². The van der Waals surface area contributed by atoms with E-state index in [1.165, 1.54) is 0 Å². The highest BCUT2D eigenvalue weighted by Gasteiger charge is 1.99. The topological polar surface area (TPSA) is 57.9 Å². The second-order valence-corrected chi connectivity index (χ2v) is 3.47. The number of pyridine rings is 1. The first-order valence-electron chi connectivity index (χ1n) is 5.04. The molecule has 1 aromatic heterocycles. The van der Waals surface area contributed by atoms with Crippen molar-refractivity contribution in [2.24, 2.45) is 0 Å². The molecule has 0 aromatic carbocycles. The first kappa shape index (κ1) is 12.2. The molecule has 0 radical (unpaired) electrons. The Bertz CT molecular complexity index is 395. The number of nitrogens with zero attached hydrogens (tertiary/aromatic N) is 2. The van der Waals surface area contributed by atoms with Gasteiger partial charge in [-0.3, -0.25) is 4.98 Å². The minimum Gasteiger partial charge on any atom is -0.380 e. The summed E-state index contributed by atoms with van der Waals surface area (Å²) in [6, 6.07) is 3.77. The molecule has 0 bridgehead atoms. The van der Waals surface area contributed by atoms with Crippen LogP contribution in [0.5, 0.6) is 0 Å². The lowest BCUT2D eigenvalue weighted by Gasteiger charge is -2.07. The van der Waals surface area contributed by atoms with Gasteiger partial charge in [-0.05, 0) is 13.0 Å². The van der Waals surface area contributed by atoms with Gasteiger partial charge >= 0.3 is 0 Å². The summed E-state index contributed by atoms with van der Waals surface area (Å²) in [7, 11) is 0. The molecule has 0 fully saturated rings. The van der Waals surface area contributed by atoms with Crippen LogP contribution in [0.15, 0.2) is 30.6 Å². The molecule has 4 heteroatoms. The molecule has 16 heavy (non-hydrogen) atoms. The fraction of sp³-hybridized carbons (Fsp3) is 0.333. The van der Waals surface area contributed by atoms with E-state index in [0.29, 0.717) is 25.3 Å². The molecule has 0 saturated carbocycles. The van der Waals surface area contributed by atoms with Gasteiger partial charge in [-0.25, -0.2) is 0 Å². The van der Waals surface area contributed by atoms with Gasteiger partial charge in [0.1, 0.15) is 6.07 Å². The molecule has 1 aromatic rings. The molecule has 0 atom stereocenters. The number of anilines is 1. The number of nitriles is 1. The van der Waals surface area contributed by atoms with Gasteiger partial charge in [-0.15, -0.1) is 0 Å². The number of rotatable bonds is 6. The van der Waals surface area contributed by atoms with Crippen molar-refractivity contribution in [3.63, 3.8) is 0 Å². The maximum absolute atomic E-state index is 8.83. The fourth-order valence-electron chi connectivity index (χ4n) is 1.14. The van der Waals surface area contributed by atoms with Crippen molar-refractivity contribution in [3.05, 3.63) is 36.2 Å². The molecule has 0 aliphatic rings. The third kappa shape index (κ3) is 4.11. The van der Waals surface area contributed by atoms with Crippen LogP contribution in [0.1, 0.15) is 12.5 Å². The van der Waals surface area contributed by atoms with Crippen molar-refractivity contribution < 1.29 is 4.74 Å². The molecule has 1 rings (SSSR count). The molecule has 0 spiro atoms. The minimum atomic E-state index is 0.569. The number of ether oxygens (including phenoxy) is 1. The van der Waals surface area contributed by atoms with Crippen molar-refractivity contribution >= 4 is 5.69 Å². The monoisotopic (exact) mass is 217 g/mol. The second-order valence-electron chi connectivity index (χ2n) is 3.47. The van der Waals surface area contributed by atoms with E-state index in [1.54, 1.807) is 18.5 Å². The van der Waals surface area contributed by atoms with Crippen molar-refractivity contribution in [2.45, 2.75) is 6.92 Å². The molecule has 0 aliphatic carbocycles. The van der Waals surface area contributed by atoms with Gasteiger partial charge < -0.3 is 10.1 Å². The van der Waals surface area contributed by atoms with Crippen LogP contribution in [0.2, 0.25) is 0 Å². The smallest absolute Gasteiger partial charge is 0.101 e. The summed E-state index contributed by atoms with van der Waals surface area (Å²) in [4.78, 5) is 3.95. The van der Waals surface area contributed by atoms with E-state index in [4.69, 9.17) is 10.00 Å². The molecule has 84 valence electrons. The third-order valence-corrected chi connectivity index (χ3v) is 1.85. The van der Waals surface area contributed by atoms with Crippen LogP contribution in [0.4, 0.5) is 5.69 Å². The first-order chi connectivity index (χ1) is 7.74. The molecule has 1 N–H and O–H groups in total. The summed E-state index contributed by atoms with van der Waals surface area (Å²) in [6.45, 7) is 7.45. The molecule has 0 amide bonds. The van der Waals surface area contributed by atoms with Crippen LogP contribution in [0.25, 0.3) is 0 Å². The number of hydrogen-bond donors (Lipinski definition) is 1. The summed E-state index contributed by atoms with van der Waals surface area (Å²) < 4.78 is 5.32. The normalized spacial score (nSPS) is 9.50. The molecular formula is C12H15N3O. The van der Waals surface area contributed by atoms with Crippen LogP contribution < -0.4 is 5.32 Å². The van der Waals surface area contributed by atoms with Gasteiger partial charge in [-0.2, -0.15) is 5.26 Å². The predicted molar refractivity (Wildman–Crippen MR) is 63.1 cm³/mol. The number of aromatic nitrogens is 1. The largest absolute Gasteiger partial charge is 0.380 e. The SMILES string of the molecule is C=C(C)COCCNc1cnccc1C#N. The van der Waals surface area contributed by atoms with Gasteiger partial charge in [0.15, 0.2) is 0 Å². The van der Waals surface area contributed by atoms with Crippen molar-refractivity contribution in [2.75, 3.05) is 25.1 Å². The van der Waals surface area contributed by atoms with E-state index in [1.807, 2.05) is 6.92 Å². The highest BCUT2D eigenvalue weighted by atomic mass is 16.5. The molecule has 4 nitrogen and oxygen atoms in total. The van der Waals surface area contributed by atoms with Crippen LogP contribution >= 0.6 is 0 Å². The van der Waals surface area contributed by atoms with E-state index in [2.05, 4.69) is 22.9 Å². The molecule has 0 aliphatic heterocycles. The van der Waals surface area contributed by atoms with Gasteiger partial charge in [0.2, 0.25) is 0 Å².